The molecule has 0 aliphatic carbocycles. The molecule has 1 aromatic rings. The van der Waals surface area contributed by atoms with Gasteiger partial charge in [-0.3, -0.25) is 4.90 Å². The second-order valence-electron chi connectivity index (χ2n) is 6.63. The summed E-state index contributed by atoms with van der Waals surface area (Å²) < 4.78 is 39.9. The minimum absolute atomic E-state index is 0.215. The number of β-amino-alcohol motifs (C(OH)–C–C–N with tert-alkyl or cyclic N) is 1. The molecule has 0 radical (unpaired) electrons. The maximum Gasteiger partial charge on any atom is 0.416 e. The topological polar surface area (TPSA) is 39.1 Å². The third-order valence-electron chi connectivity index (χ3n) is 4.83. The maximum atomic E-state index is 13.3. The Morgan fingerprint density at radius 2 is 2.00 bits per heavy atom. The second kappa shape index (κ2) is 6.73. The zero-order valence-electron chi connectivity index (χ0n) is 14.2. The van der Waals surface area contributed by atoms with E-state index >= 15 is 0 Å². The number of aliphatic imine (C=N–C) groups is 1. The Labute approximate surface area is 159 Å². The van der Waals surface area contributed by atoms with Crippen molar-refractivity contribution in [3.05, 3.63) is 64.5 Å². The molecule has 27 heavy (non-hydrogen) atoms. The molecule has 0 spiro atoms. The van der Waals surface area contributed by atoms with Gasteiger partial charge in [-0.15, -0.1) is 0 Å². The first-order chi connectivity index (χ1) is 12.8. The highest BCUT2D eigenvalue weighted by atomic mass is 35.5. The lowest BCUT2D eigenvalue weighted by Crippen LogP contribution is -2.43. The van der Waals surface area contributed by atoms with E-state index in [4.69, 9.17) is 11.6 Å². The highest BCUT2D eigenvalue weighted by Crippen LogP contribution is 2.38. The van der Waals surface area contributed by atoms with Crippen LogP contribution in [0.15, 0.2) is 58.9 Å². The van der Waals surface area contributed by atoms with Gasteiger partial charge in [-0.2, -0.15) is 13.2 Å². The minimum Gasteiger partial charge on any atom is -0.391 e. The molecular formula is C19H17ClF3N3O. The van der Waals surface area contributed by atoms with E-state index in [-0.39, 0.29) is 6.54 Å². The van der Waals surface area contributed by atoms with Crippen molar-refractivity contribution in [1.82, 2.24) is 9.80 Å². The molecule has 3 aliphatic heterocycles. The number of benzene rings is 1. The molecule has 1 aromatic carbocycles. The number of fused-ring (bicyclic) bond motifs is 1. The summed E-state index contributed by atoms with van der Waals surface area (Å²) in [7, 11) is 0. The monoisotopic (exact) mass is 395 g/mol. The van der Waals surface area contributed by atoms with E-state index in [9.17, 15) is 18.3 Å². The predicted octanol–water partition coefficient (Wildman–Crippen LogP) is 3.81. The van der Waals surface area contributed by atoms with Crippen LogP contribution in [0.25, 0.3) is 5.57 Å². The normalized spacial score (nSPS) is 22.8. The number of halogens is 4. The number of aliphatic hydroxyl groups excluding tert-OH is 1. The number of alkyl halides is 3. The highest BCUT2D eigenvalue weighted by molar-refractivity contribution is 6.32. The number of allylic oxidation sites excluding steroid dienone is 3. The number of likely N-dealkylation sites (tertiary alicyclic amines) is 1. The summed E-state index contributed by atoms with van der Waals surface area (Å²) in [5, 5.41) is 10.3. The number of guanidine groups is 1. The lowest BCUT2D eigenvalue weighted by Gasteiger charge is -2.36. The van der Waals surface area contributed by atoms with Crippen LogP contribution in [0, 0.1) is 0 Å². The van der Waals surface area contributed by atoms with Crippen LogP contribution in [0.3, 0.4) is 0 Å². The van der Waals surface area contributed by atoms with Crippen molar-refractivity contribution in [2.24, 2.45) is 4.99 Å². The standard InChI is InChI=1S/C19H17ClF3N3O/c20-16-4-2-1-3-14(16)15-10-24-18(25-7-6-13(27)11-25)26-8-5-12(9-17(15)26)19(21,22)23/h1-5,8-9,13,27H,6-7,10-11H2/t13-/m1/s1. The van der Waals surface area contributed by atoms with Gasteiger partial charge in [0, 0.05) is 35.4 Å². The quantitative estimate of drug-likeness (QED) is 0.786. The summed E-state index contributed by atoms with van der Waals surface area (Å²) in [6, 6.07) is 7.05. The Hall–Kier alpha value is -2.25. The molecule has 0 bridgehead atoms. The fourth-order valence-corrected chi connectivity index (χ4v) is 3.74. The van der Waals surface area contributed by atoms with Gasteiger partial charge in [0.1, 0.15) is 0 Å². The van der Waals surface area contributed by atoms with E-state index < -0.39 is 17.9 Å². The molecule has 0 aromatic heterocycles. The van der Waals surface area contributed by atoms with Crippen molar-refractivity contribution >= 4 is 23.1 Å². The van der Waals surface area contributed by atoms with Crippen LogP contribution < -0.4 is 0 Å². The van der Waals surface area contributed by atoms with Crippen LogP contribution in [-0.2, 0) is 0 Å². The molecule has 1 saturated heterocycles. The van der Waals surface area contributed by atoms with Crippen LogP contribution in [0.2, 0.25) is 5.02 Å². The van der Waals surface area contributed by atoms with Crippen LogP contribution in [0.1, 0.15) is 12.0 Å². The van der Waals surface area contributed by atoms with Crippen molar-refractivity contribution in [3.8, 4) is 0 Å². The number of rotatable bonds is 1. The minimum atomic E-state index is -4.44. The third-order valence-corrected chi connectivity index (χ3v) is 5.16. The molecule has 142 valence electrons. The Balaban J connectivity index is 1.80. The van der Waals surface area contributed by atoms with Crippen LogP contribution in [0.5, 0.6) is 0 Å². The number of nitrogens with zero attached hydrogens (tertiary/aromatic N) is 3. The first-order valence-electron chi connectivity index (χ1n) is 8.56. The zero-order chi connectivity index (χ0) is 19.2. The molecular weight excluding hydrogens is 379 g/mol. The molecule has 4 rings (SSSR count). The molecule has 0 amide bonds. The van der Waals surface area contributed by atoms with Gasteiger partial charge in [-0.1, -0.05) is 29.8 Å². The van der Waals surface area contributed by atoms with Crippen LogP contribution in [0.4, 0.5) is 13.2 Å². The van der Waals surface area contributed by atoms with Gasteiger partial charge >= 0.3 is 6.18 Å². The summed E-state index contributed by atoms with van der Waals surface area (Å²) in [6.45, 7) is 1.23. The van der Waals surface area contributed by atoms with Gasteiger partial charge in [-0.25, -0.2) is 4.99 Å². The summed E-state index contributed by atoms with van der Waals surface area (Å²) >= 11 is 6.29. The smallest absolute Gasteiger partial charge is 0.391 e. The van der Waals surface area contributed by atoms with Gasteiger partial charge in [0.2, 0.25) is 5.96 Å². The summed E-state index contributed by atoms with van der Waals surface area (Å²) in [4.78, 5) is 8.14. The molecule has 3 heterocycles. The van der Waals surface area contributed by atoms with Gasteiger partial charge < -0.3 is 10.0 Å². The van der Waals surface area contributed by atoms with E-state index in [1.165, 1.54) is 6.20 Å². The molecule has 0 saturated carbocycles. The predicted molar refractivity (Wildman–Crippen MR) is 98.0 cm³/mol. The second-order valence-corrected chi connectivity index (χ2v) is 7.04. The first kappa shape index (κ1) is 18.1. The van der Waals surface area contributed by atoms with Crippen LogP contribution in [-0.4, -0.2) is 52.8 Å². The number of hydrogen-bond acceptors (Lipinski definition) is 4. The SMILES string of the molecule is O[C@@H]1CCN(C2=NCC(c3ccccc3Cl)=C3C=C(C(F)(F)F)C=CN23)C1. The van der Waals surface area contributed by atoms with Gasteiger partial charge in [0.25, 0.3) is 0 Å². The van der Waals surface area contributed by atoms with Crippen molar-refractivity contribution < 1.29 is 18.3 Å². The average Bonchev–Trinajstić information content (AvgIpc) is 3.06. The summed E-state index contributed by atoms with van der Waals surface area (Å²) in [5.74, 6) is 0.547. The summed E-state index contributed by atoms with van der Waals surface area (Å²) in [5.41, 5.74) is 0.983. The molecule has 1 fully saturated rings. The molecule has 1 atom stereocenters. The Morgan fingerprint density at radius 1 is 1.22 bits per heavy atom. The largest absolute Gasteiger partial charge is 0.416 e. The highest BCUT2D eigenvalue weighted by Gasteiger charge is 2.37. The molecule has 3 aliphatic rings. The molecule has 0 unspecified atom stereocenters. The van der Waals surface area contributed by atoms with Gasteiger partial charge in [0.05, 0.1) is 23.9 Å². The Morgan fingerprint density at radius 3 is 2.67 bits per heavy atom. The Kier molecular flexibility index (Phi) is 4.52. The maximum absolute atomic E-state index is 13.3. The van der Waals surface area contributed by atoms with Crippen molar-refractivity contribution in [2.45, 2.75) is 18.7 Å². The van der Waals surface area contributed by atoms with Crippen molar-refractivity contribution in [3.63, 3.8) is 0 Å². The van der Waals surface area contributed by atoms with Gasteiger partial charge in [-0.05, 0) is 24.6 Å². The third kappa shape index (κ3) is 3.37. The lowest BCUT2D eigenvalue weighted by atomic mass is 9.98. The van der Waals surface area contributed by atoms with Crippen molar-refractivity contribution in [2.75, 3.05) is 19.6 Å². The van der Waals surface area contributed by atoms with Gasteiger partial charge in [0.15, 0.2) is 0 Å². The fourth-order valence-electron chi connectivity index (χ4n) is 3.50. The fraction of sp³-hybridized carbons (Fsp3) is 0.316. The summed E-state index contributed by atoms with van der Waals surface area (Å²) in [6.07, 6.45) is -0.727. The number of aliphatic hydroxyl groups is 1. The van der Waals surface area contributed by atoms with Crippen LogP contribution >= 0.6 is 11.6 Å². The van der Waals surface area contributed by atoms with E-state index in [0.717, 1.165) is 12.2 Å². The molecule has 1 N–H and O–H groups in total. The molecule has 8 heteroatoms. The van der Waals surface area contributed by atoms with E-state index in [1.54, 1.807) is 29.2 Å². The molecule has 4 nitrogen and oxygen atoms in total. The van der Waals surface area contributed by atoms with E-state index in [0.29, 0.717) is 47.3 Å². The zero-order valence-corrected chi connectivity index (χ0v) is 15.0. The van der Waals surface area contributed by atoms with E-state index in [1.807, 2.05) is 4.90 Å². The lowest BCUT2D eigenvalue weighted by molar-refractivity contribution is -0.0885. The number of hydrogen-bond donors (Lipinski definition) is 1. The van der Waals surface area contributed by atoms with Crippen molar-refractivity contribution in [1.29, 1.82) is 0 Å². The first-order valence-corrected chi connectivity index (χ1v) is 8.94. The van der Waals surface area contributed by atoms with E-state index in [2.05, 4.69) is 4.99 Å². The Bertz CT molecular complexity index is 888. The average molecular weight is 396 g/mol.